The lowest BCUT2D eigenvalue weighted by molar-refractivity contribution is -0.113. The summed E-state index contributed by atoms with van der Waals surface area (Å²) in [6.45, 7) is 0. The van der Waals surface area contributed by atoms with E-state index in [4.69, 9.17) is 5.73 Å². The predicted octanol–water partition coefficient (Wildman–Crippen LogP) is 3.21. The fourth-order valence-corrected chi connectivity index (χ4v) is 4.67. The van der Waals surface area contributed by atoms with Gasteiger partial charge in [-0.15, -0.1) is 23.1 Å². The summed E-state index contributed by atoms with van der Waals surface area (Å²) in [5.41, 5.74) is 6.86. The van der Waals surface area contributed by atoms with Crippen LogP contribution in [0.25, 0.3) is 0 Å². The summed E-state index contributed by atoms with van der Waals surface area (Å²) in [4.78, 5) is 25.3. The Balaban J connectivity index is 1.69. The van der Waals surface area contributed by atoms with E-state index in [9.17, 15) is 14.0 Å². The number of carbonyl (C=O) groups excluding carboxylic acids is 2. The average molecular weight is 350 g/mol. The third-order valence-corrected chi connectivity index (χ3v) is 5.87. The molecule has 1 aliphatic rings. The lowest BCUT2D eigenvalue weighted by Crippen LogP contribution is -2.18. The van der Waals surface area contributed by atoms with Crippen LogP contribution >= 0.6 is 23.1 Å². The molecule has 0 bridgehead atoms. The van der Waals surface area contributed by atoms with E-state index in [2.05, 4.69) is 5.32 Å². The van der Waals surface area contributed by atoms with Gasteiger partial charge in [0.05, 0.1) is 11.3 Å². The molecule has 0 fully saturated rings. The van der Waals surface area contributed by atoms with Crippen molar-refractivity contribution in [1.82, 2.24) is 0 Å². The van der Waals surface area contributed by atoms with Gasteiger partial charge in [0.15, 0.2) is 0 Å². The van der Waals surface area contributed by atoms with Crippen molar-refractivity contribution in [3.05, 3.63) is 46.1 Å². The van der Waals surface area contributed by atoms with E-state index < -0.39 is 5.91 Å². The van der Waals surface area contributed by atoms with Crippen LogP contribution in [0.2, 0.25) is 0 Å². The van der Waals surface area contributed by atoms with Crippen molar-refractivity contribution in [1.29, 1.82) is 0 Å². The van der Waals surface area contributed by atoms with Crippen LogP contribution < -0.4 is 11.1 Å². The molecule has 120 valence electrons. The molecule has 1 aromatic heterocycles. The Morgan fingerprint density at radius 2 is 2.09 bits per heavy atom. The fourth-order valence-electron chi connectivity index (χ4n) is 2.62. The number of carbonyl (C=O) groups is 2. The number of halogens is 1. The highest BCUT2D eigenvalue weighted by atomic mass is 32.2. The van der Waals surface area contributed by atoms with Gasteiger partial charge in [0.25, 0.3) is 5.91 Å². The van der Waals surface area contributed by atoms with E-state index >= 15 is 0 Å². The standard InChI is InChI=1S/C16H15FN2O2S2/c17-10-5-1-2-6-12(10)22-8-13(20)19-16-14(15(18)21)9-4-3-7-11(9)23-16/h1-2,5-6H,3-4,7-8H2,(H2,18,21)(H,19,20). The molecule has 0 unspecified atom stereocenters. The summed E-state index contributed by atoms with van der Waals surface area (Å²) >= 11 is 2.53. The smallest absolute Gasteiger partial charge is 0.251 e. The molecule has 0 aliphatic heterocycles. The van der Waals surface area contributed by atoms with Gasteiger partial charge in [-0.1, -0.05) is 12.1 Å². The molecular formula is C16H15FN2O2S2. The second kappa shape index (κ2) is 6.72. The number of nitrogens with one attached hydrogen (secondary N) is 1. The second-order valence-corrected chi connectivity index (χ2v) is 7.32. The summed E-state index contributed by atoms with van der Waals surface area (Å²) in [7, 11) is 0. The quantitative estimate of drug-likeness (QED) is 0.814. The summed E-state index contributed by atoms with van der Waals surface area (Å²) in [5.74, 6) is -1.07. The minimum Gasteiger partial charge on any atom is -0.365 e. The van der Waals surface area contributed by atoms with Crippen molar-refractivity contribution in [3.63, 3.8) is 0 Å². The number of rotatable bonds is 5. The first-order valence-corrected chi connectivity index (χ1v) is 8.98. The van der Waals surface area contributed by atoms with Gasteiger partial charge in [-0.2, -0.15) is 0 Å². The van der Waals surface area contributed by atoms with E-state index in [1.54, 1.807) is 18.2 Å². The Hall–Kier alpha value is -1.86. The molecule has 2 amide bonds. The average Bonchev–Trinajstić information content (AvgIpc) is 3.06. The Morgan fingerprint density at radius 1 is 1.30 bits per heavy atom. The molecule has 0 saturated heterocycles. The molecule has 3 N–H and O–H groups in total. The topological polar surface area (TPSA) is 72.2 Å². The number of thioether (sulfide) groups is 1. The summed E-state index contributed by atoms with van der Waals surface area (Å²) < 4.78 is 13.5. The van der Waals surface area contributed by atoms with Crippen LogP contribution in [0.1, 0.15) is 27.2 Å². The SMILES string of the molecule is NC(=O)c1c(NC(=O)CSc2ccccc2F)sc2c1CCC2. The van der Waals surface area contributed by atoms with Crippen LogP contribution in [0, 0.1) is 5.82 Å². The maximum absolute atomic E-state index is 13.5. The number of hydrogen-bond acceptors (Lipinski definition) is 4. The van der Waals surface area contributed by atoms with Gasteiger partial charge >= 0.3 is 0 Å². The first-order chi connectivity index (χ1) is 11.1. The summed E-state index contributed by atoms with van der Waals surface area (Å²) in [5, 5.41) is 3.26. The van der Waals surface area contributed by atoms with Gasteiger partial charge in [-0.25, -0.2) is 4.39 Å². The number of amides is 2. The number of aryl methyl sites for hydroxylation is 1. The number of anilines is 1. The molecule has 23 heavy (non-hydrogen) atoms. The van der Waals surface area contributed by atoms with Crippen LogP contribution in [-0.2, 0) is 17.6 Å². The molecule has 4 nitrogen and oxygen atoms in total. The summed E-state index contributed by atoms with van der Waals surface area (Å²) in [6, 6.07) is 6.31. The Bertz CT molecular complexity index is 773. The largest absolute Gasteiger partial charge is 0.365 e. The minimum atomic E-state index is -0.513. The van der Waals surface area contributed by atoms with Crippen molar-refractivity contribution >= 4 is 39.9 Å². The minimum absolute atomic E-state index is 0.0711. The Kier molecular flexibility index (Phi) is 4.68. The lowest BCUT2D eigenvalue weighted by atomic mass is 10.1. The van der Waals surface area contributed by atoms with E-state index in [0.717, 1.165) is 41.5 Å². The van der Waals surface area contributed by atoms with E-state index in [-0.39, 0.29) is 17.5 Å². The van der Waals surface area contributed by atoms with Crippen molar-refractivity contribution < 1.29 is 14.0 Å². The van der Waals surface area contributed by atoms with E-state index in [1.807, 2.05) is 0 Å². The number of primary amides is 1. The molecule has 2 aromatic rings. The number of thiophene rings is 1. The van der Waals surface area contributed by atoms with Crippen molar-refractivity contribution in [3.8, 4) is 0 Å². The number of benzene rings is 1. The Labute approximate surface area is 141 Å². The number of fused-ring (bicyclic) bond motifs is 1. The molecular weight excluding hydrogens is 335 g/mol. The molecule has 0 saturated carbocycles. The van der Waals surface area contributed by atoms with Crippen LogP contribution in [0.4, 0.5) is 9.39 Å². The molecule has 1 aromatic carbocycles. The molecule has 0 spiro atoms. The van der Waals surface area contributed by atoms with Gasteiger partial charge in [-0.3, -0.25) is 9.59 Å². The highest BCUT2D eigenvalue weighted by Gasteiger charge is 2.26. The Morgan fingerprint density at radius 3 is 2.83 bits per heavy atom. The lowest BCUT2D eigenvalue weighted by Gasteiger charge is -2.06. The van der Waals surface area contributed by atoms with Crippen LogP contribution in [0.5, 0.6) is 0 Å². The van der Waals surface area contributed by atoms with Gasteiger partial charge in [0.2, 0.25) is 5.91 Å². The molecule has 0 atom stereocenters. The fraction of sp³-hybridized carbons (Fsp3) is 0.250. The highest BCUT2D eigenvalue weighted by molar-refractivity contribution is 8.00. The normalized spacial score (nSPS) is 12.9. The highest BCUT2D eigenvalue weighted by Crippen LogP contribution is 2.38. The van der Waals surface area contributed by atoms with Gasteiger partial charge < -0.3 is 11.1 Å². The molecule has 1 aliphatic carbocycles. The van der Waals surface area contributed by atoms with Crippen molar-refractivity contribution in [2.24, 2.45) is 5.73 Å². The zero-order chi connectivity index (χ0) is 16.4. The van der Waals surface area contributed by atoms with Gasteiger partial charge in [0.1, 0.15) is 10.8 Å². The second-order valence-electron chi connectivity index (χ2n) is 5.19. The zero-order valence-corrected chi connectivity index (χ0v) is 13.9. The number of hydrogen-bond donors (Lipinski definition) is 2. The van der Waals surface area contributed by atoms with Gasteiger partial charge in [0, 0.05) is 9.77 Å². The van der Waals surface area contributed by atoms with E-state index in [0.29, 0.717) is 15.5 Å². The first kappa shape index (κ1) is 16.0. The van der Waals surface area contributed by atoms with Crippen LogP contribution in [0.3, 0.4) is 0 Å². The van der Waals surface area contributed by atoms with Gasteiger partial charge in [-0.05, 0) is 37.0 Å². The zero-order valence-electron chi connectivity index (χ0n) is 12.2. The van der Waals surface area contributed by atoms with Crippen molar-refractivity contribution in [2.45, 2.75) is 24.2 Å². The van der Waals surface area contributed by atoms with Crippen molar-refractivity contribution in [2.75, 3.05) is 11.1 Å². The maximum atomic E-state index is 13.5. The molecule has 3 rings (SSSR count). The maximum Gasteiger partial charge on any atom is 0.251 e. The molecule has 7 heteroatoms. The third kappa shape index (κ3) is 3.40. The molecule has 0 radical (unpaired) electrons. The first-order valence-electron chi connectivity index (χ1n) is 7.17. The molecule has 1 heterocycles. The third-order valence-electron chi connectivity index (χ3n) is 3.62. The van der Waals surface area contributed by atoms with Crippen LogP contribution in [0.15, 0.2) is 29.2 Å². The monoisotopic (exact) mass is 350 g/mol. The van der Waals surface area contributed by atoms with Crippen LogP contribution in [-0.4, -0.2) is 17.6 Å². The van der Waals surface area contributed by atoms with E-state index in [1.165, 1.54) is 17.4 Å². The number of nitrogens with two attached hydrogens (primary N) is 1. The predicted molar refractivity (Wildman–Crippen MR) is 90.6 cm³/mol. The summed E-state index contributed by atoms with van der Waals surface area (Å²) in [6.07, 6.45) is 2.75.